The van der Waals surface area contributed by atoms with Gasteiger partial charge in [-0.05, 0) is 174 Å². The quantitative estimate of drug-likeness (QED) is 0.0155. The highest BCUT2D eigenvalue weighted by atomic mass is 33.1. The fraction of sp³-hybridized carbons (Fsp3) is 0.901. The number of unbranched alkanes of at least 4 members (excludes halogenated alkanes) is 28. The molecule has 0 amide bonds. The Morgan fingerprint density at radius 3 is 1.32 bits per heavy atom. The second kappa shape index (κ2) is 70.3. The molecule has 2 aliphatic rings. The first-order valence-electron chi connectivity index (χ1n) is 41.2. The minimum Gasteiger partial charge on any atom is -0.465 e. The molecule has 2 heterocycles. The van der Waals surface area contributed by atoms with Crippen LogP contribution in [0.4, 0.5) is 0 Å². The maximum Gasteiger partial charge on any atom is 0.318 e. The molecular formula is C81H154N4O8S4. The normalized spacial score (nSPS) is 15.3. The molecule has 2 fully saturated rings. The lowest BCUT2D eigenvalue weighted by molar-refractivity contribution is -0.147. The number of piperidine rings is 2. The summed E-state index contributed by atoms with van der Waals surface area (Å²) in [6.45, 7) is 25.0. The lowest BCUT2D eigenvalue weighted by Crippen LogP contribution is -2.35. The van der Waals surface area contributed by atoms with Crippen molar-refractivity contribution in [3.63, 3.8) is 0 Å². The van der Waals surface area contributed by atoms with E-state index in [4.69, 9.17) is 18.9 Å². The van der Waals surface area contributed by atoms with Crippen LogP contribution in [-0.2, 0) is 38.1 Å². The largest absolute Gasteiger partial charge is 0.465 e. The van der Waals surface area contributed by atoms with Gasteiger partial charge in [0.1, 0.15) is 26.4 Å². The third-order valence-corrected chi connectivity index (χ3v) is 27.4. The van der Waals surface area contributed by atoms with Crippen LogP contribution in [0.15, 0.2) is 24.3 Å². The lowest BCUT2D eigenvalue weighted by Gasteiger charge is -2.29. The first-order valence-corrected chi connectivity index (χ1v) is 46.9. The summed E-state index contributed by atoms with van der Waals surface area (Å²) in [7, 11) is 4.84. The van der Waals surface area contributed by atoms with Gasteiger partial charge in [-0.2, -0.15) is 9.93 Å². The van der Waals surface area contributed by atoms with Gasteiger partial charge in [0.25, 0.3) is 0 Å². The molecule has 0 saturated carbocycles. The van der Waals surface area contributed by atoms with Crippen LogP contribution in [0, 0.1) is 5.92 Å². The average Bonchev–Trinajstić information content (AvgIpc) is 1.09. The zero-order chi connectivity index (χ0) is 69.8. The molecule has 0 bridgehead atoms. The number of allylic oxidation sites excluding steroid dienone is 2. The molecule has 0 aromatic carbocycles. The summed E-state index contributed by atoms with van der Waals surface area (Å²) in [5.74, 6) is 3.16. The highest BCUT2D eigenvalue weighted by Gasteiger charge is 2.27. The Labute approximate surface area is 613 Å². The summed E-state index contributed by atoms with van der Waals surface area (Å²) in [6, 6.07) is 0. The summed E-state index contributed by atoms with van der Waals surface area (Å²) < 4.78 is 23.5. The molecule has 0 aliphatic carbocycles. The fourth-order valence-electron chi connectivity index (χ4n) is 13.3. The van der Waals surface area contributed by atoms with Gasteiger partial charge in [-0.25, -0.2) is 0 Å². The first kappa shape index (κ1) is 91.7. The zero-order valence-electron chi connectivity index (χ0n) is 63.9. The van der Waals surface area contributed by atoms with Crippen LogP contribution in [0.5, 0.6) is 0 Å². The number of carbonyl (C=O) groups is 4. The highest BCUT2D eigenvalue weighted by molar-refractivity contribution is 8.85. The van der Waals surface area contributed by atoms with Crippen molar-refractivity contribution in [3.05, 3.63) is 24.3 Å². The van der Waals surface area contributed by atoms with E-state index >= 15 is 0 Å². The van der Waals surface area contributed by atoms with Crippen LogP contribution in [-0.4, -0.2) is 177 Å². The van der Waals surface area contributed by atoms with E-state index in [1.54, 1.807) is 0 Å². The number of rotatable bonds is 71. The Bertz CT molecular complexity index is 1840. The van der Waals surface area contributed by atoms with E-state index in [1.165, 1.54) is 232 Å². The standard InChI is InChI=1S/C81H154N4O8S4/c1-6-10-14-18-22-26-34-48-72-94-95-73-70-90-78(86)54-66-85(65-51-64-84-60-44-37-45-61-84)67-55-79(87)91-71-74-96-97(75-49-35-27-23-19-15-11-7-2)77(81(89)93-69-47-33-25-21-17-13-9-4)53-39-29-31-41-57-82(62-50-63-83-58-42-36-43-59-83)56-40-30-28-38-52-76(5)80(88)92-68-46-32-24-20-16-12-8-3/h32-33,46-47,76-77,97H,6-31,34-45,48-75H2,1-5H3/b46-32-,47-33-. The van der Waals surface area contributed by atoms with Gasteiger partial charge in [-0.15, -0.1) is 10.8 Å². The fourth-order valence-corrected chi connectivity index (χ4v) is 20.4. The third kappa shape index (κ3) is 57.7. The molecule has 3 atom stereocenters. The van der Waals surface area contributed by atoms with Gasteiger partial charge >= 0.3 is 23.9 Å². The minimum atomic E-state index is -0.757. The van der Waals surface area contributed by atoms with Crippen molar-refractivity contribution in [2.24, 2.45) is 5.92 Å². The SMILES string of the molecule is CCCCCC/C=C\COC(=O)C(C)CCCCCCN(CCCCCCC(C(=O)OC/C=C\CCCCCC)[SH](CCCCCCCCCC)SCCOC(=O)CCN(CCCN1CCCCC1)CCC(=O)OCCSSCCCCCCCCCC)CCCN1CCCCC1. The highest BCUT2D eigenvalue weighted by Crippen LogP contribution is 2.48. The van der Waals surface area contributed by atoms with Gasteiger partial charge in [0.15, 0.2) is 0 Å². The van der Waals surface area contributed by atoms with Crippen molar-refractivity contribution in [2.45, 2.75) is 335 Å². The van der Waals surface area contributed by atoms with Crippen molar-refractivity contribution >= 4 is 66.2 Å². The molecular weight excluding hydrogens is 1290 g/mol. The van der Waals surface area contributed by atoms with Crippen molar-refractivity contribution in [1.29, 1.82) is 0 Å². The maximum atomic E-state index is 14.4. The van der Waals surface area contributed by atoms with Gasteiger partial charge in [0, 0.05) is 30.3 Å². The van der Waals surface area contributed by atoms with E-state index in [0.717, 1.165) is 134 Å². The Morgan fingerprint density at radius 1 is 0.402 bits per heavy atom. The molecule has 2 aliphatic heterocycles. The molecule has 2 rings (SSSR count). The van der Waals surface area contributed by atoms with E-state index in [9.17, 15) is 19.2 Å². The van der Waals surface area contributed by atoms with Crippen LogP contribution >= 0.6 is 42.3 Å². The number of ether oxygens (including phenoxy) is 4. The Morgan fingerprint density at radius 2 is 0.804 bits per heavy atom. The third-order valence-electron chi connectivity index (χ3n) is 19.5. The lowest BCUT2D eigenvalue weighted by atomic mass is 10.0. The smallest absolute Gasteiger partial charge is 0.318 e. The Kier molecular flexibility index (Phi) is 66.4. The molecule has 0 radical (unpaired) electrons. The number of likely N-dealkylation sites (tertiary alicyclic amines) is 2. The topological polar surface area (TPSA) is 118 Å². The molecule has 12 nitrogen and oxygen atoms in total. The molecule has 0 N–H and O–H groups in total. The monoisotopic (exact) mass is 1440 g/mol. The van der Waals surface area contributed by atoms with Crippen LogP contribution < -0.4 is 0 Å². The second-order valence-electron chi connectivity index (χ2n) is 28.4. The number of nitrogens with zero attached hydrogens (tertiary/aromatic N) is 4. The van der Waals surface area contributed by atoms with Crippen molar-refractivity contribution < 1.29 is 38.1 Å². The molecule has 3 unspecified atom stereocenters. The van der Waals surface area contributed by atoms with Gasteiger partial charge in [0.2, 0.25) is 0 Å². The zero-order valence-corrected chi connectivity index (χ0v) is 67.2. The Hall–Kier alpha value is -1.40. The van der Waals surface area contributed by atoms with Crippen LogP contribution in [0.25, 0.3) is 0 Å². The van der Waals surface area contributed by atoms with E-state index < -0.39 is 9.93 Å². The van der Waals surface area contributed by atoms with Crippen LogP contribution in [0.3, 0.4) is 0 Å². The van der Waals surface area contributed by atoms with Crippen molar-refractivity contribution in [1.82, 2.24) is 19.6 Å². The molecule has 97 heavy (non-hydrogen) atoms. The molecule has 0 aromatic heterocycles. The Balaban J connectivity index is 2.03. The predicted octanol–water partition coefficient (Wildman–Crippen LogP) is 21.6. The van der Waals surface area contributed by atoms with E-state index in [0.29, 0.717) is 58.1 Å². The number of carbonyl (C=O) groups excluding carboxylic acids is 4. The maximum absolute atomic E-state index is 14.4. The van der Waals surface area contributed by atoms with Crippen molar-refractivity contribution in [3.8, 4) is 0 Å². The van der Waals surface area contributed by atoms with E-state index in [-0.39, 0.29) is 35.0 Å². The summed E-state index contributed by atoms with van der Waals surface area (Å²) in [4.78, 5) is 63.9. The van der Waals surface area contributed by atoms with Crippen LogP contribution in [0.1, 0.15) is 330 Å². The number of esters is 4. The molecule has 570 valence electrons. The van der Waals surface area contributed by atoms with Crippen LogP contribution in [0.2, 0.25) is 0 Å². The summed E-state index contributed by atoms with van der Waals surface area (Å²) in [6.07, 6.45) is 62.7. The van der Waals surface area contributed by atoms with Crippen molar-refractivity contribution in [2.75, 3.05) is 128 Å². The second-order valence-corrected chi connectivity index (χ2v) is 35.9. The molecule has 0 spiro atoms. The summed E-state index contributed by atoms with van der Waals surface area (Å²) >= 11 is 0. The number of thiol groups is 1. The average molecular weight is 1440 g/mol. The summed E-state index contributed by atoms with van der Waals surface area (Å²) in [5.41, 5.74) is 0. The minimum absolute atomic E-state index is 0.0391. The van der Waals surface area contributed by atoms with Gasteiger partial charge in [-0.3, -0.25) is 19.2 Å². The van der Waals surface area contributed by atoms with E-state index in [1.807, 2.05) is 45.4 Å². The number of hydrogen-bond acceptors (Lipinski definition) is 15. The summed E-state index contributed by atoms with van der Waals surface area (Å²) in [5, 5.41) is -0.141. The van der Waals surface area contributed by atoms with Gasteiger partial charge in [0.05, 0.1) is 24.0 Å². The number of hydrogen-bond donors (Lipinski definition) is 1. The first-order chi connectivity index (χ1) is 47.7. The molecule has 16 heteroatoms. The van der Waals surface area contributed by atoms with Gasteiger partial charge in [-0.1, -0.05) is 260 Å². The predicted molar refractivity (Wildman–Crippen MR) is 427 cm³/mol. The van der Waals surface area contributed by atoms with E-state index in [2.05, 4.69) is 65.5 Å². The molecule has 2 saturated heterocycles. The molecule has 0 aromatic rings. The van der Waals surface area contributed by atoms with Gasteiger partial charge < -0.3 is 38.5 Å².